The Labute approximate surface area is 112 Å². The molecule has 0 radical (unpaired) electrons. The van der Waals surface area contributed by atoms with Crippen molar-refractivity contribution in [3.8, 4) is 0 Å². The van der Waals surface area contributed by atoms with Gasteiger partial charge in [0.1, 0.15) is 0 Å². The van der Waals surface area contributed by atoms with Gasteiger partial charge >= 0.3 is 7.12 Å². The van der Waals surface area contributed by atoms with Gasteiger partial charge in [0.05, 0.1) is 17.3 Å². The van der Waals surface area contributed by atoms with Gasteiger partial charge in [-0.1, -0.05) is 6.92 Å². The molecule has 0 saturated carbocycles. The van der Waals surface area contributed by atoms with Crippen LogP contribution in [0.25, 0.3) is 0 Å². The van der Waals surface area contributed by atoms with E-state index >= 15 is 0 Å². The monoisotopic (exact) mass is 254 g/mol. The van der Waals surface area contributed by atoms with Crippen LogP contribution in [0.5, 0.6) is 0 Å². The molecule has 1 rings (SSSR count). The van der Waals surface area contributed by atoms with Crippen LogP contribution in [0.1, 0.15) is 54.4 Å². The molecule has 3 nitrogen and oxygen atoms in total. The lowest BCUT2D eigenvalue weighted by molar-refractivity contribution is 0.00578. The maximum absolute atomic E-state index is 5.97. The molecule has 1 atom stereocenters. The summed E-state index contributed by atoms with van der Waals surface area (Å²) in [5.41, 5.74) is 0.371. The zero-order valence-corrected chi connectivity index (χ0v) is 12.7. The number of rotatable bonds is 6. The SMILES string of the molecule is C=C(CC(CC)OCC)B1OC(C)(C)C(C)(C)O1. The third-order valence-corrected chi connectivity index (χ3v) is 3.93. The summed E-state index contributed by atoms with van der Waals surface area (Å²) in [5.74, 6) is 0. The molecular formula is C14H27BO3. The summed E-state index contributed by atoms with van der Waals surface area (Å²) in [7, 11) is -0.315. The molecule has 18 heavy (non-hydrogen) atoms. The molecule has 1 saturated heterocycles. The Hall–Kier alpha value is -0.315. The van der Waals surface area contributed by atoms with Gasteiger partial charge in [-0.3, -0.25) is 0 Å². The third kappa shape index (κ3) is 3.37. The molecule has 0 aromatic heterocycles. The van der Waals surface area contributed by atoms with Crippen LogP contribution in [0.15, 0.2) is 12.1 Å². The molecule has 1 aliphatic rings. The molecule has 0 aromatic rings. The average Bonchev–Trinajstić information content (AvgIpc) is 2.47. The fourth-order valence-corrected chi connectivity index (χ4v) is 1.96. The van der Waals surface area contributed by atoms with Crippen molar-refractivity contribution in [1.29, 1.82) is 0 Å². The van der Waals surface area contributed by atoms with Crippen LogP contribution in [0, 0.1) is 0 Å². The number of hydrogen-bond donors (Lipinski definition) is 0. The van der Waals surface area contributed by atoms with Crippen molar-refractivity contribution in [3.63, 3.8) is 0 Å². The molecule has 0 amide bonds. The standard InChI is InChI=1S/C14H27BO3/c1-8-12(16-9-2)10-11(3)15-17-13(4,5)14(6,7)18-15/h12H,3,8-10H2,1-2,4-7H3. The minimum atomic E-state index is -0.315. The first kappa shape index (κ1) is 15.7. The molecule has 1 fully saturated rings. The van der Waals surface area contributed by atoms with Gasteiger partial charge in [-0.15, -0.1) is 6.58 Å². The zero-order chi connectivity index (χ0) is 14.0. The maximum atomic E-state index is 5.97. The Bertz CT molecular complexity index is 283. The lowest BCUT2D eigenvalue weighted by atomic mass is 9.76. The van der Waals surface area contributed by atoms with Crippen LogP contribution < -0.4 is 0 Å². The van der Waals surface area contributed by atoms with Crippen LogP contribution in [-0.4, -0.2) is 31.0 Å². The molecule has 104 valence electrons. The molecule has 0 bridgehead atoms. The van der Waals surface area contributed by atoms with Crippen molar-refractivity contribution < 1.29 is 14.0 Å². The summed E-state index contributed by atoms with van der Waals surface area (Å²) >= 11 is 0. The Balaban J connectivity index is 2.60. The summed E-state index contributed by atoms with van der Waals surface area (Å²) in [5, 5.41) is 0. The third-order valence-electron chi connectivity index (χ3n) is 3.93. The highest BCUT2D eigenvalue weighted by Gasteiger charge is 2.52. The van der Waals surface area contributed by atoms with E-state index in [1.54, 1.807) is 0 Å². The highest BCUT2D eigenvalue weighted by atomic mass is 16.7. The van der Waals surface area contributed by atoms with Crippen LogP contribution in [-0.2, 0) is 14.0 Å². The van der Waals surface area contributed by atoms with Crippen LogP contribution in [0.4, 0.5) is 0 Å². The van der Waals surface area contributed by atoms with E-state index in [0.717, 1.165) is 24.9 Å². The first-order chi connectivity index (χ1) is 8.23. The molecule has 1 aliphatic heterocycles. The number of ether oxygens (including phenoxy) is 1. The molecular weight excluding hydrogens is 227 g/mol. The van der Waals surface area contributed by atoms with Gasteiger partial charge in [0.15, 0.2) is 0 Å². The van der Waals surface area contributed by atoms with Crippen molar-refractivity contribution in [1.82, 2.24) is 0 Å². The quantitative estimate of drug-likeness (QED) is 0.680. The van der Waals surface area contributed by atoms with Gasteiger partial charge in [-0.25, -0.2) is 0 Å². The van der Waals surface area contributed by atoms with Crippen molar-refractivity contribution in [3.05, 3.63) is 12.1 Å². The van der Waals surface area contributed by atoms with E-state index in [4.69, 9.17) is 14.0 Å². The van der Waals surface area contributed by atoms with Gasteiger partial charge in [-0.05, 0) is 52.9 Å². The van der Waals surface area contributed by atoms with E-state index < -0.39 is 0 Å². The smallest absolute Gasteiger partial charge is 0.400 e. The molecule has 0 spiro atoms. The van der Waals surface area contributed by atoms with E-state index in [0.29, 0.717) is 0 Å². The lowest BCUT2D eigenvalue weighted by Crippen LogP contribution is -2.41. The second kappa shape index (κ2) is 5.76. The maximum Gasteiger partial charge on any atom is 0.490 e. The van der Waals surface area contributed by atoms with E-state index in [-0.39, 0.29) is 24.4 Å². The highest BCUT2D eigenvalue weighted by molar-refractivity contribution is 6.54. The molecule has 0 aromatic carbocycles. The summed E-state index contributed by atoms with van der Waals surface area (Å²) in [6.45, 7) is 17.2. The number of hydrogen-bond acceptors (Lipinski definition) is 3. The lowest BCUT2D eigenvalue weighted by Gasteiger charge is -2.32. The van der Waals surface area contributed by atoms with Crippen LogP contribution >= 0.6 is 0 Å². The van der Waals surface area contributed by atoms with Gasteiger partial charge in [0, 0.05) is 6.61 Å². The average molecular weight is 254 g/mol. The van der Waals surface area contributed by atoms with Crippen molar-refractivity contribution in [2.24, 2.45) is 0 Å². The van der Waals surface area contributed by atoms with Crippen molar-refractivity contribution >= 4 is 7.12 Å². The fourth-order valence-electron chi connectivity index (χ4n) is 1.96. The van der Waals surface area contributed by atoms with Crippen LogP contribution in [0.3, 0.4) is 0 Å². The zero-order valence-electron chi connectivity index (χ0n) is 12.7. The van der Waals surface area contributed by atoms with Gasteiger partial charge in [0.25, 0.3) is 0 Å². The summed E-state index contributed by atoms with van der Waals surface area (Å²) < 4.78 is 17.6. The van der Waals surface area contributed by atoms with E-state index in [1.165, 1.54) is 0 Å². The Morgan fingerprint density at radius 2 is 1.67 bits per heavy atom. The Kier molecular flexibility index (Phi) is 5.04. The molecule has 4 heteroatoms. The van der Waals surface area contributed by atoms with E-state index in [1.807, 2.05) is 6.92 Å². The first-order valence-electron chi connectivity index (χ1n) is 6.88. The normalized spacial score (nSPS) is 23.1. The minimum Gasteiger partial charge on any atom is -0.400 e. The van der Waals surface area contributed by atoms with Gasteiger partial charge in [-0.2, -0.15) is 0 Å². The minimum absolute atomic E-state index is 0.210. The molecule has 1 unspecified atom stereocenters. The second-order valence-corrected chi connectivity index (χ2v) is 5.94. The van der Waals surface area contributed by atoms with Crippen molar-refractivity contribution in [2.75, 3.05) is 6.61 Å². The Morgan fingerprint density at radius 3 is 2.06 bits per heavy atom. The Morgan fingerprint density at radius 1 is 1.17 bits per heavy atom. The second-order valence-electron chi connectivity index (χ2n) is 5.94. The van der Waals surface area contributed by atoms with Crippen molar-refractivity contribution in [2.45, 2.75) is 71.7 Å². The largest absolute Gasteiger partial charge is 0.490 e. The summed E-state index contributed by atoms with van der Waals surface area (Å²) in [6.07, 6.45) is 1.98. The van der Waals surface area contributed by atoms with Crippen LogP contribution in [0.2, 0.25) is 0 Å². The molecule has 1 heterocycles. The molecule has 0 aliphatic carbocycles. The predicted molar refractivity (Wildman–Crippen MR) is 75.5 cm³/mol. The first-order valence-corrected chi connectivity index (χ1v) is 6.88. The highest BCUT2D eigenvalue weighted by Crippen LogP contribution is 2.39. The topological polar surface area (TPSA) is 27.7 Å². The summed E-state index contributed by atoms with van der Waals surface area (Å²) in [4.78, 5) is 0. The molecule has 0 N–H and O–H groups in total. The van der Waals surface area contributed by atoms with Gasteiger partial charge < -0.3 is 14.0 Å². The van der Waals surface area contributed by atoms with E-state index in [2.05, 4.69) is 41.2 Å². The fraction of sp³-hybridized carbons (Fsp3) is 0.857. The predicted octanol–water partition coefficient (Wildman–Crippen LogP) is 3.38. The van der Waals surface area contributed by atoms with Gasteiger partial charge in [0.2, 0.25) is 0 Å². The summed E-state index contributed by atoms with van der Waals surface area (Å²) in [6, 6.07) is 0. The van der Waals surface area contributed by atoms with E-state index in [9.17, 15) is 0 Å².